The minimum absolute atomic E-state index is 0.303. The average molecular weight is 356 g/mol. The average Bonchev–Trinajstić information content (AvgIpc) is 2.40. The van der Waals surface area contributed by atoms with Crippen molar-refractivity contribution in [2.45, 2.75) is 32.8 Å². The molecular formula is C16H19BrFNO2. The third-order valence-electron chi connectivity index (χ3n) is 3.09. The SMILES string of the molecule is CC(C)(C)OC(=O)N1CCC=C(c2ccc(Br)c(F)c2)C1. The molecule has 3 nitrogen and oxygen atoms in total. The molecule has 0 N–H and O–H groups in total. The van der Waals surface area contributed by atoms with Crippen LogP contribution in [-0.2, 0) is 4.74 Å². The third kappa shape index (κ3) is 4.30. The van der Waals surface area contributed by atoms with Crippen molar-refractivity contribution in [2.75, 3.05) is 13.1 Å². The van der Waals surface area contributed by atoms with E-state index in [-0.39, 0.29) is 11.9 Å². The Kier molecular flexibility index (Phi) is 4.71. The fourth-order valence-electron chi connectivity index (χ4n) is 2.13. The van der Waals surface area contributed by atoms with E-state index >= 15 is 0 Å². The maximum absolute atomic E-state index is 13.6. The lowest BCUT2D eigenvalue weighted by molar-refractivity contribution is 0.0273. The fraction of sp³-hybridized carbons (Fsp3) is 0.438. The first-order chi connectivity index (χ1) is 9.76. The van der Waals surface area contributed by atoms with Crippen LogP contribution in [0.4, 0.5) is 9.18 Å². The highest BCUT2D eigenvalue weighted by Gasteiger charge is 2.24. The number of carbonyl (C=O) groups is 1. The Hall–Kier alpha value is -1.36. The van der Waals surface area contributed by atoms with E-state index in [9.17, 15) is 9.18 Å². The summed E-state index contributed by atoms with van der Waals surface area (Å²) in [5.74, 6) is -0.303. The van der Waals surface area contributed by atoms with E-state index < -0.39 is 5.60 Å². The van der Waals surface area contributed by atoms with Gasteiger partial charge >= 0.3 is 6.09 Å². The summed E-state index contributed by atoms with van der Waals surface area (Å²) >= 11 is 3.14. The lowest BCUT2D eigenvalue weighted by Gasteiger charge is -2.30. The molecular weight excluding hydrogens is 337 g/mol. The number of hydrogen-bond donors (Lipinski definition) is 0. The van der Waals surface area contributed by atoms with Gasteiger partial charge in [-0.25, -0.2) is 9.18 Å². The highest BCUT2D eigenvalue weighted by atomic mass is 79.9. The van der Waals surface area contributed by atoms with Crippen LogP contribution in [0, 0.1) is 5.82 Å². The Morgan fingerprint density at radius 3 is 2.71 bits per heavy atom. The molecule has 0 radical (unpaired) electrons. The van der Waals surface area contributed by atoms with Crippen molar-refractivity contribution in [3.05, 3.63) is 40.1 Å². The Bertz CT molecular complexity index is 578. The highest BCUT2D eigenvalue weighted by Crippen LogP contribution is 2.25. The molecule has 1 aromatic rings. The Morgan fingerprint density at radius 1 is 1.38 bits per heavy atom. The van der Waals surface area contributed by atoms with Crippen LogP contribution in [0.3, 0.4) is 0 Å². The molecule has 0 saturated carbocycles. The molecule has 1 aliphatic rings. The van der Waals surface area contributed by atoms with Gasteiger partial charge in [-0.2, -0.15) is 0 Å². The summed E-state index contributed by atoms with van der Waals surface area (Å²) in [6.07, 6.45) is 2.46. The smallest absolute Gasteiger partial charge is 0.410 e. The second kappa shape index (κ2) is 6.18. The molecule has 1 aromatic carbocycles. The maximum Gasteiger partial charge on any atom is 0.410 e. The zero-order valence-corrected chi connectivity index (χ0v) is 14.0. The van der Waals surface area contributed by atoms with Gasteiger partial charge in [0.1, 0.15) is 11.4 Å². The molecule has 0 saturated heterocycles. The monoisotopic (exact) mass is 355 g/mol. The molecule has 0 aromatic heterocycles. The number of amides is 1. The van der Waals surface area contributed by atoms with Crippen LogP contribution in [0.15, 0.2) is 28.7 Å². The van der Waals surface area contributed by atoms with Crippen molar-refractivity contribution in [2.24, 2.45) is 0 Å². The molecule has 0 aliphatic carbocycles. The van der Waals surface area contributed by atoms with Crippen LogP contribution in [0.1, 0.15) is 32.8 Å². The van der Waals surface area contributed by atoms with Gasteiger partial charge in [0, 0.05) is 13.1 Å². The summed E-state index contributed by atoms with van der Waals surface area (Å²) in [7, 11) is 0. The first-order valence-electron chi connectivity index (χ1n) is 6.88. The molecule has 1 heterocycles. The number of halogens is 2. The molecule has 0 spiro atoms. The molecule has 1 aliphatic heterocycles. The summed E-state index contributed by atoms with van der Waals surface area (Å²) in [6, 6.07) is 5.00. The van der Waals surface area contributed by atoms with Crippen LogP contribution in [-0.4, -0.2) is 29.7 Å². The number of benzene rings is 1. The predicted molar refractivity (Wildman–Crippen MR) is 84.5 cm³/mol. The lowest BCUT2D eigenvalue weighted by atomic mass is 10.0. The number of nitrogens with zero attached hydrogens (tertiary/aromatic N) is 1. The van der Waals surface area contributed by atoms with Crippen molar-refractivity contribution < 1.29 is 13.9 Å². The van der Waals surface area contributed by atoms with Gasteiger partial charge in [0.15, 0.2) is 0 Å². The Morgan fingerprint density at radius 2 is 2.10 bits per heavy atom. The van der Waals surface area contributed by atoms with Gasteiger partial charge in [-0.15, -0.1) is 0 Å². The molecule has 2 rings (SSSR count). The van der Waals surface area contributed by atoms with Gasteiger partial charge in [-0.05, 0) is 66.4 Å². The summed E-state index contributed by atoms with van der Waals surface area (Å²) in [4.78, 5) is 13.8. The summed E-state index contributed by atoms with van der Waals surface area (Å²) in [5, 5.41) is 0. The molecule has 0 fully saturated rings. The van der Waals surface area contributed by atoms with Crippen LogP contribution in [0.5, 0.6) is 0 Å². The van der Waals surface area contributed by atoms with E-state index in [0.717, 1.165) is 17.6 Å². The molecule has 21 heavy (non-hydrogen) atoms. The van der Waals surface area contributed by atoms with E-state index in [4.69, 9.17) is 4.74 Å². The van der Waals surface area contributed by atoms with Gasteiger partial charge in [0.05, 0.1) is 4.47 Å². The van der Waals surface area contributed by atoms with E-state index in [1.165, 1.54) is 6.07 Å². The maximum atomic E-state index is 13.6. The number of rotatable bonds is 1. The van der Waals surface area contributed by atoms with Crippen LogP contribution in [0.2, 0.25) is 0 Å². The first-order valence-corrected chi connectivity index (χ1v) is 7.68. The third-order valence-corrected chi connectivity index (χ3v) is 3.74. The molecule has 0 bridgehead atoms. The lowest BCUT2D eigenvalue weighted by Crippen LogP contribution is -2.39. The van der Waals surface area contributed by atoms with Crippen molar-refractivity contribution in [1.82, 2.24) is 4.90 Å². The highest BCUT2D eigenvalue weighted by molar-refractivity contribution is 9.10. The largest absolute Gasteiger partial charge is 0.444 e. The van der Waals surface area contributed by atoms with Crippen LogP contribution >= 0.6 is 15.9 Å². The summed E-state index contributed by atoms with van der Waals surface area (Å²) < 4.78 is 19.5. The fourth-order valence-corrected chi connectivity index (χ4v) is 2.38. The predicted octanol–water partition coefficient (Wildman–Crippen LogP) is 4.61. The molecule has 1 amide bonds. The van der Waals surface area contributed by atoms with Crippen LogP contribution < -0.4 is 0 Å². The number of hydrogen-bond acceptors (Lipinski definition) is 2. The van der Waals surface area contributed by atoms with Crippen molar-refractivity contribution in [3.63, 3.8) is 0 Å². The minimum atomic E-state index is -0.512. The number of carbonyl (C=O) groups excluding carboxylic acids is 1. The normalized spacial score (nSPS) is 15.7. The van der Waals surface area contributed by atoms with Gasteiger partial charge in [0.25, 0.3) is 0 Å². The van der Waals surface area contributed by atoms with Crippen molar-refractivity contribution in [1.29, 1.82) is 0 Å². The standard InChI is InChI=1S/C16H19BrFNO2/c1-16(2,3)21-15(20)19-8-4-5-12(10-19)11-6-7-13(17)14(18)9-11/h5-7,9H,4,8,10H2,1-3H3. The first kappa shape index (κ1) is 16.0. The summed E-state index contributed by atoms with van der Waals surface area (Å²) in [5.41, 5.74) is 1.23. The quantitative estimate of drug-likeness (QED) is 0.735. The zero-order chi connectivity index (χ0) is 15.6. The number of ether oxygens (including phenoxy) is 1. The van der Waals surface area contributed by atoms with E-state index in [1.54, 1.807) is 11.0 Å². The Balaban J connectivity index is 2.11. The molecule has 5 heteroatoms. The van der Waals surface area contributed by atoms with E-state index in [0.29, 0.717) is 17.6 Å². The van der Waals surface area contributed by atoms with Crippen molar-refractivity contribution in [3.8, 4) is 0 Å². The van der Waals surface area contributed by atoms with E-state index in [2.05, 4.69) is 15.9 Å². The van der Waals surface area contributed by atoms with Gasteiger partial charge in [0.2, 0.25) is 0 Å². The molecule has 0 unspecified atom stereocenters. The van der Waals surface area contributed by atoms with Gasteiger partial charge in [-0.1, -0.05) is 12.1 Å². The minimum Gasteiger partial charge on any atom is -0.444 e. The van der Waals surface area contributed by atoms with Gasteiger partial charge in [-0.3, -0.25) is 0 Å². The summed E-state index contributed by atoms with van der Waals surface area (Å²) in [6.45, 7) is 6.59. The molecule has 114 valence electrons. The Labute approximate surface area is 132 Å². The second-order valence-electron chi connectivity index (χ2n) is 6.05. The second-order valence-corrected chi connectivity index (χ2v) is 6.90. The van der Waals surface area contributed by atoms with E-state index in [1.807, 2.05) is 32.9 Å². The zero-order valence-electron chi connectivity index (χ0n) is 12.5. The van der Waals surface area contributed by atoms with Crippen LogP contribution in [0.25, 0.3) is 5.57 Å². The topological polar surface area (TPSA) is 29.5 Å². The molecule has 0 atom stereocenters. The van der Waals surface area contributed by atoms with Gasteiger partial charge < -0.3 is 9.64 Å². The van der Waals surface area contributed by atoms with Crippen molar-refractivity contribution >= 4 is 27.6 Å².